The van der Waals surface area contributed by atoms with E-state index in [1.54, 1.807) is 0 Å². The minimum atomic E-state index is -0.507. The fourth-order valence-corrected chi connectivity index (χ4v) is 4.10. The molecule has 3 atom stereocenters. The van der Waals surface area contributed by atoms with Crippen molar-refractivity contribution in [2.45, 2.75) is 57.1 Å². The summed E-state index contributed by atoms with van der Waals surface area (Å²) >= 11 is 6.05. The van der Waals surface area contributed by atoms with Crippen LogP contribution in [0, 0.1) is 5.92 Å². The summed E-state index contributed by atoms with van der Waals surface area (Å²) in [6.45, 7) is 2.96. The largest absolute Gasteiger partial charge is 0.389 e. The Labute approximate surface area is 126 Å². The molecule has 2 aliphatic carbocycles. The highest BCUT2D eigenvalue weighted by molar-refractivity contribution is 6.30. The maximum atomic E-state index is 10.7. The summed E-state index contributed by atoms with van der Waals surface area (Å²) in [5.74, 6) is 0.644. The molecular formula is C17H24ClNO. The lowest BCUT2D eigenvalue weighted by Gasteiger charge is -2.36. The Morgan fingerprint density at radius 1 is 1.40 bits per heavy atom. The van der Waals surface area contributed by atoms with Gasteiger partial charge in [0.1, 0.15) is 0 Å². The minimum Gasteiger partial charge on any atom is -0.389 e. The predicted octanol–water partition coefficient (Wildman–Crippen LogP) is 3.86. The third kappa shape index (κ3) is 3.03. The van der Waals surface area contributed by atoms with Gasteiger partial charge in [0, 0.05) is 17.6 Å². The molecule has 110 valence electrons. The van der Waals surface area contributed by atoms with Gasteiger partial charge in [0.15, 0.2) is 0 Å². The lowest BCUT2D eigenvalue weighted by atomic mass is 9.79. The average molecular weight is 294 g/mol. The van der Waals surface area contributed by atoms with Crippen molar-refractivity contribution in [2.24, 2.45) is 5.92 Å². The maximum absolute atomic E-state index is 10.7. The minimum absolute atomic E-state index is 0.378. The summed E-state index contributed by atoms with van der Waals surface area (Å²) in [4.78, 5) is 0. The zero-order chi connectivity index (χ0) is 14.2. The molecule has 0 bridgehead atoms. The molecule has 1 saturated carbocycles. The topological polar surface area (TPSA) is 32.3 Å². The predicted molar refractivity (Wildman–Crippen MR) is 83.1 cm³/mol. The van der Waals surface area contributed by atoms with Crippen LogP contribution in [0.5, 0.6) is 0 Å². The van der Waals surface area contributed by atoms with E-state index in [0.717, 1.165) is 37.1 Å². The van der Waals surface area contributed by atoms with Gasteiger partial charge in [0.05, 0.1) is 5.60 Å². The van der Waals surface area contributed by atoms with Crippen molar-refractivity contribution in [2.75, 3.05) is 6.54 Å². The molecule has 0 radical (unpaired) electrons. The van der Waals surface area contributed by atoms with Gasteiger partial charge >= 0.3 is 0 Å². The Morgan fingerprint density at radius 2 is 2.25 bits per heavy atom. The first-order valence-corrected chi connectivity index (χ1v) is 8.18. The first-order chi connectivity index (χ1) is 9.56. The van der Waals surface area contributed by atoms with Gasteiger partial charge in [-0.05, 0) is 54.9 Å². The molecule has 1 aromatic carbocycles. The lowest BCUT2D eigenvalue weighted by Crippen LogP contribution is -2.44. The Morgan fingerprint density at radius 3 is 3.05 bits per heavy atom. The molecule has 1 fully saturated rings. The summed E-state index contributed by atoms with van der Waals surface area (Å²) in [7, 11) is 0. The Kier molecular flexibility index (Phi) is 4.07. The Bertz CT molecular complexity index is 490. The van der Waals surface area contributed by atoms with Crippen LogP contribution in [-0.4, -0.2) is 17.3 Å². The van der Waals surface area contributed by atoms with Crippen molar-refractivity contribution in [1.82, 2.24) is 5.32 Å². The molecule has 0 aliphatic heterocycles. The summed E-state index contributed by atoms with van der Waals surface area (Å²) in [6.07, 6.45) is 6.47. The summed E-state index contributed by atoms with van der Waals surface area (Å²) in [6, 6.07) is 6.56. The van der Waals surface area contributed by atoms with Crippen LogP contribution in [0.3, 0.4) is 0 Å². The first kappa shape index (κ1) is 14.4. The van der Waals surface area contributed by atoms with Crippen molar-refractivity contribution in [3.63, 3.8) is 0 Å². The normalized spacial score (nSPS) is 33.1. The van der Waals surface area contributed by atoms with E-state index in [-0.39, 0.29) is 0 Å². The van der Waals surface area contributed by atoms with E-state index in [1.807, 2.05) is 6.07 Å². The van der Waals surface area contributed by atoms with Crippen molar-refractivity contribution >= 4 is 11.6 Å². The summed E-state index contributed by atoms with van der Waals surface area (Å²) in [5.41, 5.74) is 2.22. The van der Waals surface area contributed by atoms with E-state index < -0.39 is 5.60 Å². The van der Waals surface area contributed by atoms with Crippen LogP contribution < -0.4 is 5.32 Å². The van der Waals surface area contributed by atoms with E-state index >= 15 is 0 Å². The van der Waals surface area contributed by atoms with Crippen LogP contribution in [0.1, 0.15) is 56.2 Å². The molecular weight excluding hydrogens is 270 g/mol. The second-order valence-corrected chi connectivity index (χ2v) is 7.18. The fraction of sp³-hybridized carbons (Fsp3) is 0.647. The van der Waals surface area contributed by atoms with Gasteiger partial charge in [-0.3, -0.25) is 0 Å². The van der Waals surface area contributed by atoms with Crippen LogP contribution >= 0.6 is 11.6 Å². The average Bonchev–Trinajstić information content (AvgIpc) is 2.78. The van der Waals surface area contributed by atoms with Crippen LogP contribution in [0.2, 0.25) is 5.02 Å². The molecule has 3 heteroatoms. The SMILES string of the molecule is CC1CCCC(O)(CNC2CCc3cc(Cl)ccc32)C1. The number of aryl methyl sites for hydroxylation is 1. The third-order valence-electron chi connectivity index (χ3n) is 4.93. The number of nitrogens with one attached hydrogen (secondary N) is 1. The first-order valence-electron chi connectivity index (χ1n) is 7.80. The standard InChI is InChI=1S/C17H24ClNO/c1-12-3-2-8-17(20,10-12)11-19-16-7-4-13-9-14(18)5-6-15(13)16/h5-6,9,12,16,19-20H,2-4,7-8,10-11H2,1H3. The van der Waals surface area contributed by atoms with Gasteiger partial charge in [0.25, 0.3) is 0 Å². The highest BCUT2D eigenvalue weighted by Crippen LogP contribution is 2.35. The number of hydrogen-bond acceptors (Lipinski definition) is 2. The molecule has 2 N–H and O–H groups in total. The second-order valence-electron chi connectivity index (χ2n) is 6.74. The van der Waals surface area contributed by atoms with E-state index in [1.165, 1.54) is 17.5 Å². The van der Waals surface area contributed by atoms with Crippen molar-refractivity contribution in [3.8, 4) is 0 Å². The van der Waals surface area contributed by atoms with Crippen LogP contribution in [0.25, 0.3) is 0 Å². The van der Waals surface area contributed by atoms with E-state index in [4.69, 9.17) is 11.6 Å². The van der Waals surface area contributed by atoms with Crippen LogP contribution in [0.4, 0.5) is 0 Å². The fourth-order valence-electron chi connectivity index (χ4n) is 3.90. The molecule has 0 spiro atoms. The monoisotopic (exact) mass is 293 g/mol. The number of halogens is 1. The molecule has 2 nitrogen and oxygen atoms in total. The number of aliphatic hydroxyl groups is 1. The molecule has 0 amide bonds. The number of rotatable bonds is 3. The quantitative estimate of drug-likeness (QED) is 0.887. The van der Waals surface area contributed by atoms with Gasteiger partial charge in [-0.1, -0.05) is 37.4 Å². The second kappa shape index (κ2) is 5.67. The van der Waals surface area contributed by atoms with E-state index in [2.05, 4.69) is 24.4 Å². The van der Waals surface area contributed by atoms with Crippen molar-refractivity contribution in [3.05, 3.63) is 34.3 Å². The molecule has 20 heavy (non-hydrogen) atoms. The highest BCUT2D eigenvalue weighted by atomic mass is 35.5. The van der Waals surface area contributed by atoms with Gasteiger partial charge < -0.3 is 10.4 Å². The van der Waals surface area contributed by atoms with Gasteiger partial charge in [-0.15, -0.1) is 0 Å². The van der Waals surface area contributed by atoms with Crippen molar-refractivity contribution < 1.29 is 5.11 Å². The number of hydrogen-bond donors (Lipinski definition) is 2. The van der Waals surface area contributed by atoms with Crippen molar-refractivity contribution in [1.29, 1.82) is 0 Å². The molecule has 0 heterocycles. The molecule has 1 aromatic rings. The van der Waals surface area contributed by atoms with E-state index in [0.29, 0.717) is 18.5 Å². The molecule has 0 saturated heterocycles. The van der Waals surface area contributed by atoms with Gasteiger partial charge in [0.2, 0.25) is 0 Å². The van der Waals surface area contributed by atoms with Crippen LogP contribution in [-0.2, 0) is 6.42 Å². The van der Waals surface area contributed by atoms with Crippen LogP contribution in [0.15, 0.2) is 18.2 Å². The Hall–Kier alpha value is -0.570. The number of benzene rings is 1. The zero-order valence-corrected chi connectivity index (χ0v) is 12.9. The highest BCUT2D eigenvalue weighted by Gasteiger charge is 2.33. The van der Waals surface area contributed by atoms with Gasteiger partial charge in [-0.2, -0.15) is 0 Å². The Balaban J connectivity index is 1.63. The summed E-state index contributed by atoms with van der Waals surface area (Å²) in [5, 5.41) is 15.1. The third-order valence-corrected chi connectivity index (χ3v) is 5.16. The molecule has 0 aromatic heterocycles. The molecule has 2 aliphatic rings. The smallest absolute Gasteiger partial charge is 0.0774 e. The molecule has 3 rings (SSSR count). The van der Waals surface area contributed by atoms with E-state index in [9.17, 15) is 5.11 Å². The lowest BCUT2D eigenvalue weighted by molar-refractivity contribution is -0.0137. The van der Waals surface area contributed by atoms with Gasteiger partial charge in [-0.25, -0.2) is 0 Å². The summed E-state index contributed by atoms with van der Waals surface area (Å²) < 4.78 is 0. The maximum Gasteiger partial charge on any atom is 0.0774 e. The molecule has 3 unspecified atom stereocenters. The number of fused-ring (bicyclic) bond motifs is 1. The zero-order valence-electron chi connectivity index (χ0n) is 12.2.